The molecule has 2 heteroatoms. The molecule has 11 heavy (non-hydrogen) atoms. The van der Waals surface area contributed by atoms with Gasteiger partial charge in [0.2, 0.25) is 0 Å². The van der Waals surface area contributed by atoms with Crippen LogP contribution in [0, 0.1) is 0 Å². The van der Waals surface area contributed by atoms with Crippen molar-refractivity contribution in [1.29, 1.82) is 0 Å². The van der Waals surface area contributed by atoms with Crippen LogP contribution in [0.1, 0.15) is 5.56 Å². The maximum absolute atomic E-state index is 10.3. The van der Waals surface area contributed by atoms with Gasteiger partial charge in [-0.2, -0.15) is 0 Å². The van der Waals surface area contributed by atoms with Crippen LogP contribution in [0.25, 0.3) is 0 Å². The van der Waals surface area contributed by atoms with E-state index < -0.39 is 0 Å². The molecule has 59 valence electrons. The Morgan fingerprint density at radius 3 is 2.73 bits per heavy atom. The molecule has 1 aromatic rings. The third-order valence-corrected chi connectivity index (χ3v) is 1.56. The molecule has 0 heterocycles. The van der Waals surface area contributed by atoms with Gasteiger partial charge in [-0.25, -0.2) is 5.11 Å². The minimum Gasteiger partial charge on any atom is -0.496 e. The third kappa shape index (κ3) is 1.95. The van der Waals surface area contributed by atoms with Crippen LogP contribution >= 0.6 is 0 Å². The number of hydrogen-bond donors (Lipinski definition) is 0. The van der Waals surface area contributed by atoms with Crippen LogP contribution in [0.5, 0.6) is 5.75 Å². The van der Waals surface area contributed by atoms with E-state index in [0.29, 0.717) is 6.42 Å². The number of para-hydroxylation sites is 1. The lowest BCUT2D eigenvalue weighted by atomic mass is 10.1. The number of methoxy groups -OCH3 is 1. The highest BCUT2D eigenvalue weighted by Crippen LogP contribution is 2.16. The second kappa shape index (κ2) is 3.98. The molecule has 0 aliphatic carbocycles. The highest BCUT2D eigenvalue weighted by Gasteiger charge is 1.98. The minimum atomic E-state index is -0.0830. The summed E-state index contributed by atoms with van der Waals surface area (Å²) in [6.07, 6.45) is 0.546. The van der Waals surface area contributed by atoms with Gasteiger partial charge in [0, 0.05) is 6.42 Å². The Morgan fingerprint density at radius 2 is 2.09 bits per heavy atom. The van der Waals surface area contributed by atoms with E-state index in [1.165, 1.54) is 0 Å². The van der Waals surface area contributed by atoms with Gasteiger partial charge in [-0.3, -0.25) is 0 Å². The predicted molar refractivity (Wildman–Crippen MR) is 42.3 cm³/mol. The lowest BCUT2D eigenvalue weighted by Crippen LogP contribution is -1.93. The van der Waals surface area contributed by atoms with Gasteiger partial charge >= 0.3 is 0 Å². The molecule has 1 radical (unpaired) electrons. The topological polar surface area (TPSA) is 29.1 Å². The van der Waals surface area contributed by atoms with E-state index in [1.807, 2.05) is 24.3 Å². The van der Waals surface area contributed by atoms with Crippen LogP contribution in [0.15, 0.2) is 24.3 Å². The van der Waals surface area contributed by atoms with Gasteiger partial charge in [0.05, 0.1) is 13.7 Å². The summed E-state index contributed by atoms with van der Waals surface area (Å²) in [6, 6.07) is 7.59. The van der Waals surface area contributed by atoms with Crippen LogP contribution in [-0.4, -0.2) is 13.7 Å². The molecule has 0 aliphatic rings. The average Bonchev–Trinajstić information content (AvgIpc) is 2.06. The second-order valence-corrected chi connectivity index (χ2v) is 2.27. The summed E-state index contributed by atoms with van der Waals surface area (Å²) in [5.41, 5.74) is 0.991. The van der Waals surface area contributed by atoms with Gasteiger partial charge in [0.15, 0.2) is 0 Å². The zero-order valence-electron chi connectivity index (χ0n) is 6.54. The largest absolute Gasteiger partial charge is 0.496 e. The Balaban J connectivity index is 2.83. The summed E-state index contributed by atoms with van der Waals surface area (Å²) in [5, 5.41) is 10.3. The van der Waals surface area contributed by atoms with E-state index in [2.05, 4.69) is 0 Å². The molecular formula is C9H11O2. The lowest BCUT2D eigenvalue weighted by Gasteiger charge is -2.04. The molecule has 0 N–H and O–H groups in total. The van der Waals surface area contributed by atoms with Crippen molar-refractivity contribution in [3.8, 4) is 5.75 Å². The van der Waals surface area contributed by atoms with Crippen molar-refractivity contribution in [2.75, 3.05) is 13.7 Å². The van der Waals surface area contributed by atoms with Gasteiger partial charge < -0.3 is 4.74 Å². The van der Waals surface area contributed by atoms with Gasteiger partial charge in [-0.05, 0) is 11.6 Å². The normalized spacial score (nSPS) is 9.64. The van der Waals surface area contributed by atoms with Crippen molar-refractivity contribution in [3.63, 3.8) is 0 Å². The van der Waals surface area contributed by atoms with E-state index in [1.54, 1.807) is 7.11 Å². The zero-order valence-corrected chi connectivity index (χ0v) is 6.54. The van der Waals surface area contributed by atoms with Crippen molar-refractivity contribution >= 4 is 0 Å². The Morgan fingerprint density at radius 1 is 1.36 bits per heavy atom. The lowest BCUT2D eigenvalue weighted by molar-refractivity contribution is 0.196. The zero-order chi connectivity index (χ0) is 8.10. The quantitative estimate of drug-likeness (QED) is 0.646. The highest BCUT2D eigenvalue weighted by atomic mass is 16.5. The SMILES string of the molecule is COc1ccccc1CC[O]. The number of rotatable bonds is 3. The van der Waals surface area contributed by atoms with Crippen LogP contribution in [-0.2, 0) is 11.5 Å². The van der Waals surface area contributed by atoms with Crippen molar-refractivity contribution in [3.05, 3.63) is 29.8 Å². The first-order valence-electron chi connectivity index (χ1n) is 3.58. The van der Waals surface area contributed by atoms with Crippen LogP contribution in [0.2, 0.25) is 0 Å². The molecule has 0 amide bonds. The molecule has 0 spiro atoms. The fraction of sp³-hybridized carbons (Fsp3) is 0.333. The smallest absolute Gasteiger partial charge is 0.122 e. The summed E-state index contributed by atoms with van der Waals surface area (Å²) in [7, 11) is 1.61. The average molecular weight is 151 g/mol. The fourth-order valence-corrected chi connectivity index (χ4v) is 1.02. The third-order valence-electron chi connectivity index (χ3n) is 1.56. The van der Waals surface area contributed by atoms with Gasteiger partial charge in [0.1, 0.15) is 5.75 Å². The number of hydrogen-bond acceptors (Lipinski definition) is 1. The fourth-order valence-electron chi connectivity index (χ4n) is 1.02. The van der Waals surface area contributed by atoms with E-state index in [-0.39, 0.29) is 6.61 Å². The first kappa shape index (κ1) is 8.08. The molecule has 0 atom stereocenters. The monoisotopic (exact) mass is 151 g/mol. The molecule has 0 aliphatic heterocycles. The molecule has 1 aromatic carbocycles. The highest BCUT2D eigenvalue weighted by molar-refractivity contribution is 5.33. The van der Waals surface area contributed by atoms with Crippen molar-refractivity contribution < 1.29 is 9.84 Å². The van der Waals surface area contributed by atoms with Crippen LogP contribution < -0.4 is 4.74 Å². The molecular weight excluding hydrogens is 140 g/mol. The van der Waals surface area contributed by atoms with E-state index in [4.69, 9.17) is 4.74 Å². The van der Waals surface area contributed by atoms with Gasteiger partial charge in [-0.15, -0.1) is 0 Å². The molecule has 0 unspecified atom stereocenters. The van der Waals surface area contributed by atoms with E-state index in [0.717, 1.165) is 11.3 Å². The van der Waals surface area contributed by atoms with Gasteiger partial charge in [-0.1, -0.05) is 18.2 Å². The molecule has 0 bridgehead atoms. The Hall–Kier alpha value is -1.02. The first-order chi connectivity index (χ1) is 5.38. The maximum atomic E-state index is 10.3. The van der Waals surface area contributed by atoms with Gasteiger partial charge in [0.25, 0.3) is 0 Å². The molecule has 1 rings (SSSR count). The second-order valence-electron chi connectivity index (χ2n) is 2.27. The van der Waals surface area contributed by atoms with Crippen molar-refractivity contribution in [2.24, 2.45) is 0 Å². The summed E-state index contributed by atoms with van der Waals surface area (Å²) in [5.74, 6) is 0.809. The summed E-state index contributed by atoms with van der Waals surface area (Å²) >= 11 is 0. The molecule has 2 nitrogen and oxygen atoms in total. The molecule has 0 aromatic heterocycles. The Kier molecular flexibility index (Phi) is 2.93. The summed E-state index contributed by atoms with van der Waals surface area (Å²) in [4.78, 5) is 0. The summed E-state index contributed by atoms with van der Waals surface area (Å²) < 4.78 is 5.06. The standard InChI is InChI=1S/C9H11O2/c1-11-9-5-3-2-4-8(9)6-7-10/h2-5H,6-7H2,1H3. The van der Waals surface area contributed by atoms with Crippen LogP contribution in [0.4, 0.5) is 0 Å². The predicted octanol–water partition coefficient (Wildman–Crippen LogP) is 1.67. The number of benzene rings is 1. The van der Waals surface area contributed by atoms with Crippen molar-refractivity contribution in [2.45, 2.75) is 6.42 Å². The Labute approximate surface area is 66.4 Å². The van der Waals surface area contributed by atoms with E-state index in [9.17, 15) is 5.11 Å². The summed E-state index contributed by atoms with van der Waals surface area (Å²) in [6.45, 7) is -0.0830. The van der Waals surface area contributed by atoms with E-state index >= 15 is 0 Å². The minimum absolute atomic E-state index is 0.0830. The Bertz CT molecular complexity index is 221. The first-order valence-corrected chi connectivity index (χ1v) is 3.58. The van der Waals surface area contributed by atoms with Crippen molar-refractivity contribution in [1.82, 2.24) is 0 Å². The molecule has 0 saturated heterocycles. The molecule has 0 fully saturated rings. The molecule has 0 saturated carbocycles. The van der Waals surface area contributed by atoms with Crippen LogP contribution in [0.3, 0.4) is 0 Å². The number of ether oxygens (including phenoxy) is 1. The maximum Gasteiger partial charge on any atom is 0.122 e.